The van der Waals surface area contributed by atoms with Gasteiger partial charge in [0.2, 0.25) is 5.91 Å². The number of carbonyl (C=O) groups excluding carboxylic acids is 1. The molecule has 1 aromatic carbocycles. The first-order valence-electron chi connectivity index (χ1n) is 6.15. The van der Waals surface area contributed by atoms with Crippen LogP contribution in [0.4, 0.5) is 0 Å². The SMILES string of the molecule is CSCC(=O)NC1CB(O)Oc2c(C(O)O)cccc21. The van der Waals surface area contributed by atoms with Gasteiger partial charge in [-0.2, -0.15) is 11.8 Å². The van der Waals surface area contributed by atoms with E-state index < -0.39 is 19.5 Å². The molecule has 1 unspecified atom stereocenters. The van der Waals surface area contributed by atoms with Gasteiger partial charge in [0, 0.05) is 17.4 Å². The number of aliphatic hydroxyl groups is 2. The lowest BCUT2D eigenvalue weighted by molar-refractivity contribution is -0.119. The van der Waals surface area contributed by atoms with Gasteiger partial charge in [-0.3, -0.25) is 4.79 Å². The molecule has 8 heteroatoms. The van der Waals surface area contributed by atoms with Crippen molar-refractivity contribution in [3.05, 3.63) is 29.3 Å². The molecule has 0 aliphatic carbocycles. The van der Waals surface area contributed by atoms with Crippen LogP contribution in [0.15, 0.2) is 18.2 Å². The molecule has 0 spiro atoms. The summed E-state index contributed by atoms with van der Waals surface area (Å²) < 4.78 is 5.28. The third kappa shape index (κ3) is 3.27. The number of amides is 1. The Kier molecular flexibility index (Phi) is 4.93. The van der Waals surface area contributed by atoms with Crippen LogP contribution in [-0.4, -0.2) is 40.3 Å². The largest absolute Gasteiger partial charge is 0.535 e. The highest BCUT2D eigenvalue weighted by Crippen LogP contribution is 2.38. The minimum absolute atomic E-state index is 0.141. The van der Waals surface area contributed by atoms with Crippen LogP contribution in [0.3, 0.4) is 0 Å². The summed E-state index contributed by atoms with van der Waals surface area (Å²) >= 11 is 1.40. The zero-order valence-corrected chi connectivity index (χ0v) is 11.8. The topological polar surface area (TPSA) is 99.0 Å². The van der Waals surface area contributed by atoms with Gasteiger partial charge in [-0.15, -0.1) is 0 Å². The Hall–Kier alpha value is -1.22. The van der Waals surface area contributed by atoms with Crippen molar-refractivity contribution >= 4 is 24.8 Å². The second-order valence-corrected chi connectivity index (χ2v) is 5.37. The molecular weight excluding hydrogens is 281 g/mol. The average molecular weight is 297 g/mol. The van der Waals surface area contributed by atoms with E-state index in [0.717, 1.165) is 0 Å². The summed E-state index contributed by atoms with van der Waals surface area (Å²) in [5, 5.41) is 31.2. The van der Waals surface area contributed by atoms with Crippen molar-refractivity contribution < 1.29 is 24.7 Å². The van der Waals surface area contributed by atoms with Gasteiger partial charge >= 0.3 is 7.12 Å². The molecule has 1 aliphatic rings. The number of nitrogens with one attached hydrogen (secondary N) is 1. The number of hydrogen-bond acceptors (Lipinski definition) is 6. The molecule has 1 amide bonds. The minimum atomic E-state index is -1.70. The third-order valence-corrected chi connectivity index (χ3v) is 3.58. The van der Waals surface area contributed by atoms with E-state index >= 15 is 0 Å². The second kappa shape index (κ2) is 6.49. The van der Waals surface area contributed by atoms with Crippen LogP contribution in [-0.2, 0) is 4.79 Å². The monoisotopic (exact) mass is 297 g/mol. The first kappa shape index (κ1) is 15.2. The molecular formula is C12H16BNO5S. The minimum Gasteiger partial charge on any atom is -0.535 e. The summed E-state index contributed by atoms with van der Waals surface area (Å²) in [5.74, 6) is 0.402. The van der Waals surface area contributed by atoms with Gasteiger partial charge in [-0.25, -0.2) is 0 Å². The smallest absolute Gasteiger partial charge is 0.525 e. The zero-order valence-electron chi connectivity index (χ0n) is 10.9. The van der Waals surface area contributed by atoms with E-state index in [9.17, 15) is 20.0 Å². The molecule has 2 rings (SSSR count). The van der Waals surface area contributed by atoms with E-state index in [-0.39, 0.29) is 23.5 Å². The number of para-hydroxylation sites is 1. The average Bonchev–Trinajstić information content (AvgIpc) is 2.37. The first-order chi connectivity index (χ1) is 9.52. The Morgan fingerprint density at radius 3 is 3.00 bits per heavy atom. The predicted molar refractivity (Wildman–Crippen MR) is 76.3 cm³/mol. The van der Waals surface area contributed by atoms with E-state index in [1.54, 1.807) is 12.1 Å². The van der Waals surface area contributed by atoms with Crippen molar-refractivity contribution in [3.63, 3.8) is 0 Å². The number of aliphatic hydroxyl groups excluding tert-OH is 1. The van der Waals surface area contributed by atoms with Gasteiger partial charge in [0.05, 0.1) is 11.8 Å². The maximum atomic E-state index is 11.7. The van der Waals surface area contributed by atoms with Crippen LogP contribution in [0.2, 0.25) is 6.32 Å². The summed E-state index contributed by atoms with van der Waals surface area (Å²) in [6.45, 7) is 0. The normalized spacial score (nSPS) is 17.6. The Balaban J connectivity index is 2.30. The van der Waals surface area contributed by atoms with Crippen molar-refractivity contribution in [2.45, 2.75) is 18.7 Å². The number of rotatable bonds is 4. The fourth-order valence-corrected chi connectivity index (χ4v) is 2.55. The van der Waals surface area contributed by atoms with Crippen LogP contribution >= 0.6 is 11.8 Å². The quantitative estimate of drug-likeness (QED) is 0.463. The van der Waals surface area contributed by atoms with Crippen molar-refractivity contribution in [1.82, 2.24) is 5.32 Å². The summed E-state index contributed by atoms with van der Waals surface area (Å²) in [5.41, 5.74) is 0.806. The summed E-state index contributed by atoms with van der Waals surface area (Å²) in [4.78, 5) is 11.7. The second-order valence-electron chi connectivity index (χ2n) is 4.50. The molecule has 108 valence electrons. The Morgan fingerprint density at radius 1 is 1.60 bits per heavy atom. The number of fused-ring (bicyclic) bond motifs is 1. The van der Waals surface area contributed by atoms with Gasteiger partial charge in [-0.1, -0.05) is 18.2 Å². The van der Waals surface area contributed by atoms with Crippen molar-refractivity contribution in [3.8, 4) is 5.75 Å². The third-order valence-electron chi connectivity index (χ3n) is 3.03. The van der Waals surface area contributed by atoms with Crippen LogP contribution in [0, 0.1) is 0 Å². The van der Waals surface area contributed by atoms with Gasteiger partial charge in [-0.05, 0) is 6.26 Å². The van der Waals surface area contributed by atoms with Crippen LogP contribution in [0.1, 0.15) is 23.5 Å². The molecule has 20 heavy (non-hydrogen) atoms. The van der Waals surface area contributed by atoms with Gasteiger partial charge in [0.15, 0.2) is 6.29 Å². The van der Waals surface area contributed by atoms with Crippen LogP contribution < -0.4 is 9.97 Å². The molecule has 0 saturated carbocycles. The lowest BCUT2D eigenvalue weighted by atomic mass is 9.75. The Morgan fingerprint density at radius 2 is 2.35 bits per heavy atom. The molecule has 0 aromatic heterocycles. The van der Waals surface area contributed by atoms with Crippen LogP contribution in [0.5, 0.6) is 5.75 Å². The lowest BCUT2D eigenvalue weighted by Gasteiger charge is -2.30. The lowest BCUT2D eigenvalue weighted by Crippen LogP contribution is -2.39. The molecule has 6 nitrogen and oxygen atoms in total. The molecule has 0 radical (unpaired) electrons. The molecule has 1 atom stereocenters. The van der Waals surface area contributed by atoms with Gasteiger partial charge in [0.25, 0.3) is 0 Å². The van der Waals surface area contributed by atoms with Crippen molar-refractivity contribution in [2.75, 3.05) is 12.0 Å². The van der Waals surface area contributed by atoms with E-state index in [2.05, 4.69) is 5.32 Å². The first-order valence-corrected chi connectivity index (χ1v) is 7.54. The summed E-state index contributed by atoms with van der Waals surface area (Å²) in [7, 11) is -1.10. The summed E-state index contributed by atoms with van der Waals surface area (Å²) in [6, 6.07) is 4.48. The maximum Gasteiger partial charge on any atom is 0.525 e. The number of hydrogen-bond donors (Lipinski definition) is 4. The fraction of sp³-hybridized carbons (Fsp3) is 0.417. The van der Waals surface area contributed by atoms with E-state index in [4.69, 9.17) is 4.65 Å². The van der Waals surface area contributed by atoms with E-state index in [1.165, 1.54) is 17.8 Å². The molecule has 0 saturated heterocycles. The van der Waals surface area contributed by atoms with E-state index in [0.29, 0.717) is 11.3 Å². The predicted octanol–water partition coefficient (Wildman–Crippen LogP) is 0.0630. The van der Waals surface area contributed by atoms with Crippen LogP contribution in [0.25, 0.3) is 0 Å². The molecule has 0 fully saturated rings. The van der Waals surface area contributed by atoms with Gasteiger partial charge in [0.1, 0.15) is 5.75 Å². The molecule has 4 N–H and O–H groups in total. The fourth-order valence-electron chi connectivity index (χ4n) is 2.20. The summed E-state index contributed by atoms with van der Waals surface area (Å²) in [6.07, 6.45) is 0.350. The molecule has 1 aliphatic heterocycles. The number of benzene rings is 1. The molecule has 1 aromatic rings. The number of carbonyl (C=O) groups is 1. The van der Waals surface area contributed by atoms with Crippen molar-refractivity contribution in [1.29, 1.82) is 0 Å². The van der Waals surface area contributed by atoms with Crippen molar-refractivity contribution in [2.24, 2.45) is 0 Å². The highest BCUT2D eigenvalue weighted by molar-refractivity contribution is 7.99. The Bertz CT molecular complexity index is 499. The highest BCUT2D eigenvalue weighted by atomic mass is 32.2. The maximum absolute atomic E-state index is 11.7. The standard InChI is InChI=1S/C12H16BNO5S/c1-20-6-10(15)14-9-5-13(18)19-11-7(9)3-2-4-8(11)12(16)17/h2-4,9,12,16-18H,5-6H2,1H3,(H,14,15). The Labute approximate surface area is 121 Å². The number of thioether (sulfide) groups is 1. The molecule has 0 bridgehead atoms. The van der Waals surface area contributed by atoms with Gasteiger partial charge < -0.3 is 25.2 Å². The van der Waals surface area contributed by atoms with E-state index in [1.807, 2.05) is 6.26 Å². The molecule has 1 heterocycles. The zero-order chi connectivity index (χ0) is 14.7. The highest BCUT2D eigenvalue weighted by Gasteiger charge is 2.34.